The first-order chi connectivity index (χ1) is 20.7. The van der Waals surface area contributed by atoms with Gasteiger partial charge in [-0.3, -0.25) is 0 Å². The fraction of sp³-hybridized carbons (Fsp3) is 0.786. The van der Waals surface area contributed by atoms with E-state index in [-0.39, 0.29) is 17.0 Å². The van der Waals surface area contributed by atoms with Crippen LogP contribution in [0.15, 0.2) is 12.1 Å². The quantitative estimate of drug-likeness (QED) is 0.150. The Hall–Kier alpha value is -1.75. The van der Waals surface area contributed by atoms with Crippen LogP contribution >= 0.6 is 0 Å². The second-order valence-corrected chi connectivity index (χ2v) is 15.5. The predicted octanol–water partition coefficient (Wildman–Crippen LogP) is 8.80. The Balaban J connectivity index is 1.83. The normalized spacial score (nSPS) is 21.2. The molecule has 0 saturated heterocycles. The third kappa shape index (κ3) is 7.24. The molecule has 0 atom stereocenters. The highest BCUT2D eigenvalue weighted by molar-refractivity contribution is 7.90. The fourth-order valence-corrected chi connectivity index (χ4v) is 8.23. The van der Waals surface area contributed by atoms with Crippen molar-refractivity contribution < 1.29 is 60.5 Å². The highest BCUT2D eigenvalue weighted by atomic mass is 32.2. The topological polar surface area (TPSA) is 89.5 Å². The molecule has 0 radical (unpaired) electrons. The maximum Gasteiger partial charge on any atom is 0.511 e. The van der Waals surface area contributed by atoms with Crippen molar-refractivity contribution in [2.75, 3.05) is 0 Å². The molecule has 17 heteroatoms. The Bertz CT molecular complexity index is 1370. The molecule has 0 bridgehead atoms. The number of rotatable bonds is 10. The lowest BCUT2D eigenvalue weighted by atomic mass is 9.75. The van der Waals surface area contributed by atoms with Crippen LogP contribution in [0.5, 0.6) is 5.75 Å². The minimum absolute atomic E-state index is 0.0696. The van der Waals surface area contributed by atoms with E-state index >= 15 is 8.78 Å². The zero-order valence-electron chi connectivity index (χ0n) is 24.3. The molecule has 45 heavy (non-hydrogen) atoms. The van der Waals surface area contributed by atoms with E-state index in [1.807, 2.05) is 0 Å². The summed E-state index contributed by atoms with van der Waals surface area (Å²) in [4.78, 5) is 0. The van der Waals surface area contributed by atoms with Gasteiger partial charge < -0.3 is 4.18 Å². The molecule has 1 aromatic rings. The second-order valence-electron chi connectivity index (χ2n) is 12.3. The molecule has 1 N–H and O–H groups in total. The molecule has 0 heterocycles. The molecule has 3 aliphatic carbocycles. The molecule has 6 nitrogen and oxygen atoms in total. The lowest BCUT2D eigenvalue weighted by Crippen LogP contribution is -2.65. The third-order valence-electron chi connectivity index (χ3n) is 9.17. The lowest BCUT2D eigenvalue weighted by molar-refractivity contribution is -0.285. The van der Waals surface area contributed by atoms with E-state index in [4.69, 9.17) is 4.18 Å². The first-order valence-electron chi connectivity index (χ1n) is 15.1. The van der Waals surface area contributed by atoms with Crippen molar-refractivity contribution in [2.45, 2.75) is 137 Å². The van der Waals surface area contributed by atoms with Crippen LogP contribution in [-0.2, 0) is 20.1 Å². The zero-order valence-corrected chi connectivity index (χ0v) is 25.9. The SMILES string of the molecule is O=S(=O)(NC(F)(F)C(F)(F)C(F)(F)S(=O)(=O)Oc1c(C2CCCCC2)cc(C2CCCCC2)cc1C1CCCCC1)C(F)(F)F. The van der Waals surface area contributed by atoms with E-state index in [9.17, 15) is 47.6 Å². The summed E-state index contributed by atoms with van der Waals surface area (Å²) in [5, 5.41) is -6.88. The molecule has 0 aromatic heterocycles. The molecule has 0 spiro atoms. The molecular formula is C28H36F9NO5S2. The number of hydrogen-bond donors (Lipinski definition) is 1. The molecular weight excluding hydrogens is 665 g/mol. The smallest absolute Gasteiger partial charge is 0.377 e. The molecule has 0 unspecified atom stereocenters. The summed E-state index contributed by atoms with van der Waals surface area (Å²) in [5.41, 5.74) is -5.40. The molecule has 4 rings (SSSR count). The minimum Gasteiger partial charge on any atom is -0.377 e. The van der Waals surface area contributed by atoms with Gasteiger partial charge in [0.25, 0.3) is 0 Å². The van der Waals surface area contributed by atoms with Crippen LogP contribution in [0.4, 0.5) is 39.5 Å². The summed E-state index contributed by atoms with van der Waals surface area (Å²) in [5.74, 6) is -8.62. The van der Waals surface area contributed by atoms with E-state index in [0.717, 1.165) is 50.5 Å². The highest BCUT2D eigenvalue weighted by Gasteiger charge is 2.80. The first kappa shape index (κ1) is 36.1. The minimum atomic E-state index is -7.31. The van der Waals surface area contributed by atoms with Gasteiger partial charge in [0.15, 0.2) is 0 Å². The number of sulfonamides is 1. The van der Waals surface area contributed by atoms with Crippen LogP contribution in [0.2, 0.25) is 0 Å². The van der Waals surface area contributed by atoms with Gasteiger partial charge in [-0.15, -0.1) is 4.72 Å². The summed E-state index contributed by atoms with van der Waals surface area (Å²) < 4.78 is 178. The van der Waals surface area contributed by atoms with Crippen LogP contribution < -0.4 is 8.91 Å². The van der Waals surface area contributed by atoms with Gasteiger partial charge in [0, 0.05) is 0 Å². The molecule has 258 valence electrons. The highest BCUT2D eigenvalue weighted by Crippen LogP contribution is 2.52. The third-order valence-corrected chi connectivity index (χ3v) is 11.6. The van der Waals surface area contributed by atoms with Crippen molar-refractivity contribution in [1.82, 2.24) is 4.72 Å². The number of benzene rings is 1. The van der Waals surface area contributed by atoms with Gasteiger partial charge in [0.1, 0.15) is 5.75 Å². The van der Waals surface area contributed by atoms with Gasteiger partial charge in [-0.1, -0.05) is 69.9 Å². The Morgan fingerprint density at radius 3 is 1.36 bits per heavy atom. The van der Waals surface area contributed by atoms with Crippen LogP contribution in [0.25, 0.3) is 0 Å². The summed E-state index contributed by atoms with van der Waals surface area (Å²) in [6.45, 7) is 0. The predicted molar refractivity (Wildman–Crippen MR) is 146 cm³/mol. The summed E-state index contributed by atoms with van der Waals surface area (Å²) in [6, 6.07) is -3.64. The number of hydrogen-bond acceptors (Lipinski definition) is 5. The van der Waals surface area contributed by atoms with Gasteiger partial charge in [0.2, 0.25) is 0 Å². The van der Waals surface area contributed by atoms with Crippen LogP contribution in [0.3, 0.4) is 0 Å². The average Bonchev–Trinajstić information content (AvgIpc) is 2.97. The van der Waals surface area contributed by atoms with E-state index in [2.05, 4.69) is 0 Å². The van der Waals surface area contributed by atoms with Gasteiger partial charge in [-0.25, -0.2) is 8.42 Å². The van der Waals surface area contributed by atoms with E-state index in [1.54, 1.807) is 12.1 Å². The summed E-state index contributed by atoms with van der Waals surface area (Å²) in [7, 11) is -14.4. The van der Waals surface area contributed by atoms with Crippen LogP contribution in [0.1, 0.15) is 131 Å². The summed E-state index contributed by atoms with van der Waals surface area (Å²) in [6.07, 6.45) is 11.0. The first-order valence-corrected chi connectivity index (χ1v) is 18.0. The van der Waals surface area contributed by atoms with Crippen molar-refractivity contribution in [1.29, 1.82) is 0 Å². The monoisotopic (exact) mass is 701 g/mol. The van der Waals surface area contributed by atoms with Crippen molar-refractivity contribution in [2.24, 2.45) is 0 Å². The Morgan fingerprint density at radius 2 is 0.978 bits per heavy atom. The number of nitrogens with one attached hydrogen (secondary N) is 1. The fourth-order valence-electron chi connectivity index (χ4n) is 6.69. The van der Waals surface area contributed by atoms with Crippen molar-refractivity contribution >= 4 is 20.1 Å². The average molecular weight is 702 g/mol. The molecule has 3 saturated carbocycles. The van der Waals surface area contributed by atoms with Gasteiger partial charge in [-0.05, 0) is 73.0 Å². The van der Waals surface area contributed by atoms with E-state index < -0.39 is 65.2 Å². The van der Waals surface area contributed by atoms with Gasteiger partial charge >= 0.3 is 42.9 Å². The molecule has 3 aliphatic rings. The van der Waals surface area contributed by atoms with Crippen molar-refractivity contribution in [3.05, 3.63) is 28.8 Å². The number of halogens is 9. The zero-order chi connectivity index (χ0) is 33.5. The van der Waals surface area contributed by atoms with Crippen LogP contribution in [0, 0.1) is 0 Å². The Morgan fingerprint density at radius 1 is 0.600 bits per heavy atom. The standard InChI is InChI=1S/C28H36F9NO5S2/c29-25(30,26(31,32)38-44(39,40)28(35,36)37)27(33,34)45(41,42)43-24-22(19-12-6-2-7-13-19)16-21(18-10-4-1-5-11-18)17-23(24)20-14-8-3-9-15-20/h16-20,38H,1-15H2. The lowest BCUT2D eigenvalue weighted by Gasteiger charge is -2.34. The Kier molecular flexibility index (Phi) is 10.5. The van der Waals surface area contributed by atoms with Crippen molar-refractivity contribution in [3.8, 4) is 5.75 Å². The maximum absolute atomic E-state index is 15.1. The molecule has 0 aliphatic heterocycles. The Labute approximate surface area is 256 Å². The van der Waals surface area contributed by atoms with Crippen molar-refractivity contribution in [3.63, 3.8) is 0 Å². The van der Waals surface area contributed by atoms with Gasteiger partial charge in [-0.2, -0.15) is 47.9 Å². The van der Waals surface area contributed by atoms with E-state index in [0.29, 0.717) is 51.4 Å². The van der Waals surface area contributed by atoms with Crippen LogP contribution in [-0.4, -0.2) is 39.6 Å². The second kappa shape index (κ2) is 13.0. The molecule has 1 aromatic carbocycles. The van der Waals surface area contributed by atoms with Gasteiger partial charge in [0.05, 0.1) is 0 Å². The summed E-state index contributed by atoms with van der Waals surface area (Å²) >= 11 is 0. The maximum atomic E-state index is 15.1. The largest absolute Gasteiger partial charge is 0.511 e. The number of alkyl halides is 9. The van der Waals surface area contributed by atoms with E-state index in [1.165, 1.54) is 0 Å². The molecule has 3 fully saturated rings. The molecule has 0 amide bonds.